The third kappa shape index (κ3) is 3.71. The average molecular weight is 306 g/mol. The molecule has 0 unspecified atom stereocenters. The third-order valence-electron chi connectivity index (χ3n) is 3.44. The molecule has 114 valence electrons. The van der Waals surface area contributed by atoms with Gasteiger partial charge in [0.05, 0.1) is 11.6 Å². The summed E-state index contributed by atoms with van der Waals surface area (Å²) in [5.41, 5.74) is 1.65. The van der Waals surface area contributed by atoms with E-state index >= 15 is 0 Å². The van der Waals surface area contributed by atoms with E-state index in [0.29, 0.717) is 16.8 Å². The fourth-order valence-electron chi connectivity index (χ4n) is 2.02. The predicted octanol–water partition coefficient (Wildman–Crippen LogP) is 2.10. The van der Waals surface area contributed by atoms with Crippen LogP contribution in [0.4, 0.5) is 5.69 Å². The number of hydrogen-bond donors (Lipinski definition) is 2. The maximum atomic E-state index is 12.2. The topological polar surface area (TPSA) is 94.9 Å². The molecule has 2 amide bonds. The summed E-state index contributed by atoms with van der Waals surface area (Å²) in [6.45, 7) is 0. The Labute approximate surface area is 133 Å². The number of nitrogens with zero attached hydrogens (tertiary/aromatic N) is 2. The van der Waals surface area contributed by atoms with Crippen LogP contribution in [-0.4, -0.2) is 22.8 Å². The molecule has 0 spiro atoms. The van der Waals surface area contributed by atoms with Gasteiger partial charge in [-0.2, -0.15) is 5.26 Å². The molecule has 0 saturated heterocycles. The number of hydrogen-bond acceptors (Lipinski definition) is 4. The van der Waals surface area contributed by atoms with Gasteiger partial charge in [0.1, 0.15) is 5.69 Å². The van der Waals surface area contributed by atoms with Gasteiger partial charge in [0.15, 0.2) is 0 Å². The number of carbonyl (C=O) groups excluding carboxylic acids is 2. The van der Waals surface area contributed by atoms with Gasteiger partial charge in [-0.25, -0.2) is 0 Å². The van der Waals surface area contributed by atoms with Crippen LogP contribution < -0.4 is 10.6 Å². The second kappa shape index (κ2) is 6.28. The standard InChI is InChI=1S/C17H14N4O2/c18-10-11-1-3-13(4-2-11)21-17(23)15-9-12(7-8-19-15)16(22)20-14-5-6-14/h1-4,7-9,14H,5-6H2,(H,20,22)(H,21,23). The molecular weight excluding hydrogens is 292 g/mol. The molecule has 1 aromatic heterocycles. The molecule has 1 heterocycles. The van der Waals surface area contributed by atoms with Gasteiger partial charge in [-0.1, -0.05) is 0 Å². The van der Waals surface area contributed by atoms with Gasteiger partial charge in [0.2, 0.25) is 0 Å². The summed E-state index contributed by atoms with van der Waals surface area (Å²) in [7, 11) is 0. The third-order valence-corrected chi connectivity index (χ3v) is 3.44. The molecule has 23 heavy (non-hydrogen) atoms. The molecule has 1 fully saturated rings. The molecule has 6 heteroatoms. The lowest BCUT2D eigenvalue weighted by Crippen LogP contribution is -2.26. The van der Waals surface area contributed by atoms with Crippen molar-refractivity contribution in [2.45, 2.75) is 18.9 Å². The van der Waals surface area contributed by atoms with Gasteiger partial charge in [-0.15, -0.1) is 0 Å². The van der Waals surface area contributed by atoms with Crippen LogP contribution in [0.15, 0.2) is 42.6 Å². The fraction of sp³-hybridized carbons (Fsp3) is 0.176. The normalized spacial score (nSPS) is 13.0. The summed E-state index contributed by atoms with van der Waals surface area (Å²) in [5, 5.41) is 14.3. The first kappa shape index (κ1) is 14.7. The highest BCUT2D eigenvalue weighted by atomic mass is 16.2. The van der Waals surface area contributed by atoms with Crippen molar-refractivity contribution < 1.29 is 9.59 Å². The highest BCUT2D eigenvalue weighted by Gasteiger charge is 2.24. The number of anilines is 1. The van der Waals surface area contributed by atoms with E-state index in [2.05, 4.69) is 15.6 Å². The van der Waals surface area contributed by atoms with Crippen LogP contribution in [0.1, 0.15) is 39.3 Å². The summed E-state index contributed by atoms with van der Waals surface area (Å²) in [6.07, 6.45) is 3.45. The van der Waals surface area contributed by atoms with Gasteiger partial charge in [0, 0.05) is 23.5 Å². The van der Waals surface area contributed by atoms with Crippen molar-refractivity contribution in [3.63, 3.8) is 0 Å². The zero-order valence-electron chi connectivity index (χ0n) is 12.2. The Bertz CT molecular complexity index is 789. The van der Waals surface area contributed by atoms with E-state index in [4.69, 9.17) is 5.26 Å². The number of rotatable bonds is 4. The fourth-order valence-corrected chi connectivity index (χ4v) is 2.02. The van der Waals surface area contributed by atoms with Gasteiger partial charge in [-0.3, -0.25) is 14.6 Å². The molecule has 0 atom stereocenters. The number of nitriles is 1. The Balaban J connectivity index is 1.71. The Hall–Kier alpha value is -3.20. The minimum atomic E-state index is -0.407. The first-order valence-corrected chi connectivity index (χ1v) is 7.24. The molecule has 0 radical (unpaired) electrons. The van der Waals surface area contributed by atoms with E-state index in [1.165, 1.54) is 12.3 Å². The lowest BCUT2D eigenvalue weighted by Gasteiger charge is -2.07. The molecular formula is C17H14N4O2. The zero-order valence-corrected chi connectivity index (χ0v) is 12.2. The Morgan fingerprint density at radius 1 is 1.13 bits per heavy atom. The quantitative estimate of drug-likeness (QED) is 0.904. The number of carbonyl (C=O) groups is 2. The SMILES string of the molecule is N#Cc1ccc(NC(=O)c2cc(C(=O)NC3CC3)ccn2)cc1. The number of aromatic nitrogens is 1. The van der Waals surface area contributed by atoms with E-state index in [1.54, 1.807) is 30.3 Å². The van der Waals surface area contributed by atoms with E-state index in [-0.39, 0.29) is 17.6 Å². The first-order valence-electron chi connectivity index (χ1n) is 7.24. The summed E-state index contributed by atoms with van der Waals surface area (Å²) in [4.78, 5) is 28.2. The van der Waals surface area contributed by atoms with Crippen molar-refractivity contribution in [1.82, 2.24) is 10.3 Å². The molecule has 1 saturated carbocycles. The molecule has 1 aliphatic rings. The second-order valence-corrected chi connectivity index (χ2v) is 5.32. The van der Waals surface area contributed by atoms with E-state index in [0.717, 1.165) is 12.8 Å². The van der Waals surface area contributed by atoms with Crippen molar-refractivity contribution in [3.8, 4) is 6.07 Å². The second-order valence-electron chi connectivity index (χ2n) is 5.32. The van der Waals surface area contributed by atoms with Crippen molar-refractivity contribution in [1.29, 1.82) is 5.26 Å². The monoisotopic (exact) mass is 306 g/mol. The van der Waals surface area contributed by atoms with Gasteiger partial charge < -0.3 is 10.6 Å². The molecule has 2 N–H and O–H groups in total. The maximum Gasteiger partial charge on any atom is 0.274 e. The van der Waals surface area contributed by atoms with Crippen molar-refractivity contribution >= 4 is 17.5 Å². The van der Waals surface area contributed by atoms with Crippen LogP contribution in [0.2, 0.25) is 0 Å². The molecule has 3 rings (SSSR count). The van der Waals surface area contributed by atoms with Crippen LogP contribution in [0.5, 0.6) is 0 Å². The summed E-state index contributed by atoms with van der Waals surface area (Å²) >= 11 is 0. The lowest BCUT2D eigenvalue weighted by molar-refractivity contribution is 0.0951. The first-order chi connectivity index (χ1) is 11.2. The van der Waals surface area contributed by atoms with Gasteiger partial charge >= 0.3 is 0 Å². The molecule has 1 aliphatic carbocycles. The largest absolute Gasteiger partial charge is 0.349 e. The van der Waals surface area contributed by atoms with Crippen LogP contribution >= 0.6 is 0 Å². The molecule has 2 aromatic rings. The Morgan fingerprint density at radius 3 is 2.52 bits per heavy atom. The average Bonchev–Trinajstić information content (AvgIpc) is 3.39. The Kier molecular flexibility index (Phi) is 4.02. The summed E-state index contributed by atoms with van der Waals surface area (Å²) in [6, 6.07) is 11.8. The van der Waals surface area contributed by atoms with Crippen molar-refractivity contribution in [2.75, 3.05) is 5.32 Å². The van der Waals surface area contributed by atoms with E-state index in [1.807, 2.05) is 6.07 Å². The van der Waals surface area contributed by atoms with Gasteiger partial charge in [0.25, 0.3) is 11.8 Å². The molecule has 0 bridgehead atoms. The van der Waals surface area contributed by atoms with Crippen LogP contribution in [-0.2, 0) is 0 Å². The number of nitrogens with one attached hydrogen (secondary N) is 2. The number of benzene rings is 1. The number of pyridine rings is 1. The zero-order chi connectivity index (χ0) is 16.2. The number of amides is 2. The highest BCUT2D eigenvalue weighted by molar-refractivity contribution is 6.04. The van der Waals surface area contributed by atoms with Crippen molar-refractivity contribution in [3.05, 3.63) is 59.4 Å². The maximum absolute atomic E-state index is 12.2. The molecule has 0 aliphatic heterocycles. The van der Waals surface area contributed by atoms with Crippen LogP contribution in [0, 0.1) is 11.3 Å². The predicted molar refractivity (Wildman–Crippen MR) is 83.8 cm³/mol. The highest BCUT2D eigenvalue weighted by Crippen LogP contribution is 2.19. The smallest absolute Gasteiger partial charge is 0.274 e. The molecule has 6 nitrogen and oxygen atoms in total. The van der Waals surface area contributed by atoms with Crippen molar-refractivity contribution in [2.24, 2.45) is 0 Å². The van der Waals surface area contributed by atoms with Crippen LogP contribution in [0.3, 0.4) is 0 Å². The van der Waals surface area contributed by atoms with Crippen LogP contribution in [0.25, 0.3) is 0 Å². The van der Waals surface area contributed by atoms with Gasteiger partial charge in [-0.05, 0) is 49.2 Å². The van der Waals surface area contributed by atoms with E-state index in [9.17, 15) is 9.59 Å². The lowest BCUT2D eigenvalue weighted by atomic mass is 10.2. The minimum Gasteiger partial charge on any atom is -0.349 e. The minimum absolute atomic E-state index is 0.165. The summed E-state index contributed by atoms with van der Waals surface area (Å²) in [5.74, 6) is -0.599. The Morgan fingerprint density at radius 2 is 1.87 bits per heavy atom. The van der Waals surface area contributed by atoms with E-state index < -0.39 is 5.91 Å². The molecule has 1 aromatic carbocycles. The summed E-state index contributed by atoms with van der Waals surface area (Å²) < 4.78 is 0.